The van der Waals surface area contributed by atoms with Crippen molar-refractivity contribution in [2.75, 3.05) is 24.7 Å². The lowest BCUT2D eigenvalue weighted by Crippen LogP contribution is -2.15. The van der Waals surface area contributed by atoms with Crippen molar-refractivity contribution in [1.82, 2.24) is 0 Å². The van der Waals surface area contributed by atoms with Crippen LogP contribution in [-0.4, -0.2) is 50.8 Å². The second-order valence-electron chi connectivity index (χ2n) is 3.79. The Hall–Kier alpha value is -0.270. The molecule has 1 N–H and O–H groups in total. The highest BCUT2D eigenvalue weighted by molar-refractivity contribution is 7.91. The topological polar surface area (TPSA) is 63.6 Å². The molecular formula is C10H20F2O4S. The first-order chi connectivity index (χ1) is 7.87. The van der Waals surface area contributed by atoms with Gasteiger partial charge in [-0.1, -0.05) is 6.92 Å². The Morgan fingerprint density at radius 2 is 1.94 bits per heavy atom. The lowest BCUT2D eigenvalue weighted by molar-refractivity contribution is 0.00421. The molecule has 0 saturated heterocycles. The minimum atomic E-state index is -2.99. The van der Waals surface area contributed by atoms with Crippen LogP contribution in [0.5, 0.6) is 0 Å². The van der Waals surface area contributed by atoms with Gasteiger partial charge in [-0.15, -0.1) is 0 Å². The van der Waals surface area contributed by atoms with Crippen LogP contribution in [0.3, 0.4) is 0 Å². The Labute approximate surface area is 101 Å². The molecule has 0 bridgehead atoms. The third-order valence-electron chi connectivity index (χ3n) is 2.27. The third-order valence-corrected chi connectivity index (χ3v) is 4.06. The highest BCUT2D eigenvalue weighted by Gasteiger charge is 2.10. The number of hydrogen-bond donors (Lipinski definition) is 1. The van der Waals surface area contributed by atoms with Gasteiger partial charge in [0, 0.05) is 12.4 Å². The summed E-state index contributed by atoms with van der Waals surface area (Å²) < 4.78 is 50.2. The Kier molecular flexibility index (Phi) is 8.63. The van der Waals surface area contributed by atoms with Crippen LogP contribution in [0.4, 0.5) is 8.78 Å². The molecule has 0 aromatic heterocycles. The van der Waals surface area contributed by atoms with Gasteiger partial charge < -0.3 is 9.84 Å². The van der Waals surface area contributed by atoms with Crippen LogP contribution in [0.2, 0.25) is 0 Å². The predicted molar refractivity (Wildman–Crippen MR) is 61.0 cm³/mol. The van der Waals surface area contributed by atoms with Gasteiger partial charge in [0.15, 0.2) is 0 Å². The second-order valence-corrected chi connectivity index (χ2v) is 6.26. The maximum absolute atomic E-state index is 11.7. The number of halogens is 2. The molecule has 0 saturated carbocycles. The van der Waals surface area contributed by atoms with E-state index in [1.165, 1.54) is 0 Å². The number of sulfone groups is 1. The first-order valence-corrected chi connectivity index (χ1v) is 7.44. The molecule has 0 aromatic rings. The fourth-order valence-corrected chi connectivity index (χ4v) is 2.11. The van der Waals surface area contributed by atoms with E-state index >= 15 is 0 Å². The van der Waals surface area contributed by atoms with Crippen molar-refractivity contribution >= 4 is 9.84 Å². The molecule has 0 radical (unpaired) electrons. The number of aliphatic hydroxyl groups excluding tert-OH is 1. The van der Waals surface area contributed by atoms with Crippen LogP contribution in [-0.2, 0) is 14.6 Å². The van der Waals surface area contributed by atoms with Crippen LogP contribution < -0.4 is 0 Å². The summed E-state index contributed by atoms with van der Waals surface area (Å²) in [6.45, 7) is 1.01. The SMILES string of the molecule is CCS(=O)(=O)CCCC(O)CCOCC(F)F. The van der Waals surface area contributed by atoms with E-state index in [-0.39, 0.29) is 24.5 Å². The van der Waals surface area contributed by atoms with Gasteiger partial charge in [-0.25, -0.2) is 17.2 Å². The van der Waals surface area contributed by atoms with Crippen LogP contribution >= 0.6 is 0 Å². The number of aliphatic hydroxyl groups is 1. The van der Waals surface area contributed by atoms with Gasteiger partial charge in [0.1, 0.15) is 16.4 Å². The Bertz CT molecular complexity index is 280. The quantitative estimate of drug-likeness (QED) is 0.609. The third kappa shape index (κ3) is 10.6. The standard InChI is InChI=1S/C10H20F2O4S/c1-2-17(14,15)7-3-4-9(13)5-6-16-8-10(11)12/h9-10,13H,2-8H2,1H3. The molecule has 104 valence electrons. The fourth-order valence-electron chi connectivity index (χ4n) is 1.22. The van der Waals surface area contributed by atoms with Gasteiger partial charge in [-0.3, -0.25) is 0 Å². The van der Waals surface area contributed by atoms with E-state index in [9.17, 15) is 22.3 Å². The minimum Gasteiger partial charge on any atom is -0.393 e. The van der Waals surface area contributed by atoms with Crippen LogP contribution in [0, 0.1) is 0 Å². The zero-order chi connectivity index (χ0) is 13.3. The number of rotatable bonds is 10. The van der Waals surface area contributed by atoms with Gasteiger partial charge in [-0.2, -0.15) is 0 Å². The van der Waals surface area contributed by atoms with E-state index in [0.717, 1.165) is 0 Å². The normalized spacial score (nSPS) is 14.2. The molecule has 1 atom stereocenters. The average Bonchev–Trinajstić information content (AvgIpc) is 2.24. The first-order valence-electron chi connectivity index (χ1n) is 5.61. The summed E-state index contributed by atoms with van der Waals surface area (Å²) in [6, 6.07) is 0. The van der Waals surface area contributed by atoms with E-state index in [1.54, 1.807) is 6.92 Å². The molecule has 0 heterocycles. The van der Waals surface area contributed by atoms with Gasteiger partial charge in [0.25, 0.3) is 6.43 Å². The molecule has 0 rings (SSSR count). The molecule has 4 nitrogen and oxygen atoms in total. The Morgan fingerprint density at radius 3 is 2.47 bits per heavy atom. The molecule has 0 aromatic carbocycles. The van der Waals surface area contributed by atoms with Crippen LogP contribution in [0.15, 0.2) is 0 Å². The summed E-state index contributed by atoms with van der Waals surface area (Å²) >= 11 is 0. The average molecular weight is 274 g/mol. The fraction of sp³-hybridized carbons (Fsp3) is 1.00. The number of alkyl halides is 2. The number of hydrogen-bond acceptors (Lipinski definition) is 4. The largest absolute Gasteiger partial charge is 0.393 e. The Morgan fingerprint density at radius 1 is 1.29 bits per heavy atom. The van der Waals surface area contributed by atoms with Gasteiger partial charge in [0.05, 0.1) is 11.9 Å². The van der Waals surface area contributed by atoms with E-state index in [0.29, 0.717) is 12.8 Å². The molecule has 0 spiro atoms. The van der Waals surface area contributed by atoms with Crippen molar-refractivity contribution in [3.05, 3.63) is 0 Å². The molecule has 1 unspecified atom stereocenters. The lowest BCUT2D eigenvalue weighted by atomic mass is 10.1. The monoisotopic (exact) mass is 274 g/mol. The van der Waals surface area contributed by atoms with E-state index in [4.69, 9.17) is 0 Å². The van der Waals surface area contributed by atoms with Crippen LogP contribution in [0.25, 0.3) is 0 Å². The molecule has 0 fully saturated rings. The predicted octanol–water partition coefficient (Wildman–Crippen LogP) is 1.23. The van der Waals surface area contributed by atoms with Gasteiger partial charge >= 0.3 is 0 Å². The minimum absolute atomic E-state index is 0.0540. The second kappa shape index (κ2) is 8.77. The lowest BCUT2D eigenvalue weighted by Gasteiger charge is -2.10. The molecule has 0 aliphatic carbocycles. The van der Waals surface area contributed by atoms with Gasteiger partial charge in [0.2, 0.25) is 0 Å². The van der Waals surface area contributed by atoms with Crippen molar-refractivity contribution < 1.29 is 27.0 Å². The van der Waals surface area contributed by atoms with Crippen molar-refractivity contribution in [2.24, 2.45) is 0 Å². The maximum atomic E-state index is 11.7. The van der Waals surface area contributed by atoms with E-state index in [2.05, 4.69) is 4.74 Å². The highest BCUT2D eigenvalue weighted by atomic mass is 32.2. The smallest absolute Gasteiger partial charge is 0.261 e. The van der Waals surface area contributed by atoms with E-state index in [1.807, 2.05) is 0 Å². The summed E-state index contributed by atoms with van der Waals surface area (Å²) in [4.78, 5) is 0. The van der Waals surface area contributed by atoms with Crippen molar-refractivity contribution in [1.29, 1.82) is 0 Å². The number of ether oxygens (including phenoxy) is 1. The van der Waals surface area contributed by atoms with Gasteiger partial charge in [-0.05, 0) is 19.3 Å². The Balaban J connectivity index is 3.50. The van der Waals surface area contributed by atoms with Crippen molar-refractivity contribution in [2.45, 2.75) is 38.7 Å². The highest BCUT2D eigenvalue weighted by Crippen LogP contribution is 2.05. The zero-order valence-electron chi connectivity index (χ0n) is 9.94. The van der Waals surface area contributed by atoms with Crippen LogP contribution in [0.1, 0.15) is 26.2 Å². The molecule has 0 aliphatic heterocycles. The molecule has 0 amide bonds. The zero-order valence-corrected chi connectivity index (χ0v) is 10.8. The maximum Gasteiger partial charge on any atom is 0.261 e. The first kappa shape index (κ1) is 16.7. The van der Waals surface area contributed by atoms with E-state index < -0.39 is 29.0 Å². The summed E-state index contributed by atoms with van der Waals surface area (Å²) in [6.07, 6.45) is -2.22. The molecule has 0 aliphatic rings. The summed E-state index contributed by atoms with van der Waals surface area (Å²) in [5.41, 5.74) is 0. The summed E-state index contributed by atoms with van der Waals surface area (Å²) in [5, 5.41) is 9.42. The molecule has 17 heavy (non-hydrogen) atoms. The summed E-state index contributed by atoms with van der Waals surface area (Å²) in [5.74, 6) is 0.152. The molecule has 7 heteroatoms. The molecular weight excluding hydrogens is 254 g/mol. The van der Waals surface area contributed by atoms with Crippen molar-refractivity contribution in [3.63, 3.8) is 0 Å². The summed E-state index contributed by atoms with van der Waals surface area (Å²) in [7, 11) is -2.99. The van der Waals surface area contributed by atoms with Crippen molar-refractivity contribution in [3.8, 4) is 0 Å².